The predicted molar refractivity (Wildman–Crippen MR) is 127 cm³/mol. The molecule has 0 spiro atoms. The van der Waals surface area contributed by atoms with Crippen molar-refractivity contribution in [1.82, 2.24) is 19.4 Å². The SMILES string of the molecule is CCn1cc(C(=O)NCCC(C)C)c(S(=O)(=O)N2CCN(c3cccc(C)c3C)CC2)n1. The molecule has 1 aromatic heterocycles. The summed E-state index contributed by atoms with van der Waals surface area (Å²) in [6.45, 7) is 13.1. The van der Waals surface area contributed by atoms with E-state index in [0.717, 1.165) is 12.1 Å². The van der Waals surface area contributed by atoms with E-state index in [9.17, 15) is 13.2 Å². The molecule has 176 valence electrons. The number of aromatic nitrogens is 2. The van der Waals surface area contributed by atoms with Crippen molar-refractivity contribution in [2.45, 2.75) is 52.6 Å². The van der Waals surface area contributed by atoms with Crippen LogP contribution in [0.15, 0.2) is 29.4 Å². The Labute approximate surface area is 191 Å². The molecule has 1 fully saturated rings. The highest BCUT2D eigenvalue weighted by atomic mass is 32.2. The van der Waals surface area contributed by atoms with E-state index in [4.69, 9.17) is 0 Å². The summed E-state index contributed by atoms with van der Waals surface area (Å²) >= 11 is 0. The van der Waals surface area contributed by atoms with Crippen LogP contribution in [0.1, 0.15) is 48.7 Å². The van der Waals surface area contributed by atoms with Gasteiger partial charge in [0, 0.05) is 51.2 Å². The van der Waals surface area contributed by atoms with Crippen molar-refractivity contribution in [2.75, 3.05) is 37.6 Å². The highest BCUT2D eigenvalue weighted by molar-refractivity contribution is 7.89. The molecule has 2 aromatic rings. The van der Waals surface area contributed by atoms with E-state index in [2.05, 4.69) is 55.1 Å². The van der Waals surface area contributed by atoms with Gasteiger partial charge in [-0.15, -0.1) is 0 Å². The third-order valence-electron chi connectivity index (χ3n) is 6.04. The fraction of sp³-hybridized carbons (Fsp3) is 0.565. The minimum Gasteiger partial charge on any atom is -0.369 e. The second kappa shape index (κ2) is 10.0. The maximum atomic E-state index is 13.4. The molecule has 3 rings (SSSR count). The van der Waals surface area contributed by atoms with Crippen molar-refractivity contribution in [3.63, 3.8) is 0 Å². The maximum Gasteiger partial charge on any atom is 0.263 e. The van der Waals surface area contributed by atoms with Crippen molar-refractivity contribution >= 4 is 21.6 Å². The summed E-state index contributed by atoms with van der Waals surface area (Å²) in [4.78, 5) is 15.0. The first-order valence-corrected chi connectivity index (χ1v) is 12.8. The fourth-order valence-corrected chi connectivity index (χ4v) is 5.37. The smallest absolute Gasteiger partial charge is 0.263 e. The number of carbonyl (C=O) groups is 1. The van der Waals surface area contributed by atoms with Crippen LogP contribution in [0, 0.1) is 19.8 Å². The first-order chi connectivity index (χ1) is 15.1. The van der Waals surface area contributed by atoms with Gasteiger partial charge in [-0.2, -0.15) is 9.40 Å². The number of piperazine rings is 1. The molecule has 1 aliphatic heterocycles. The van der Waals surface area contributed by atoms with E-state index in [0.29, 0.717) is 45.2 Å². The van der Waals surface area contributed by atoms with Crippen molar-refractivity contribution in [2.24, 2.45) is 5.92 Å². The lowest BCUT2D eigenvalue weighted by molar-refractivity contribution is 0.0948. The summed E-state index contributed by atoms with van der Waals surface area (Å²) in [7, 11) is -3.88. The quantitative estimate of drug-likeness (QED) is 0.653. The average molecular weight is 462 g/mol. The Morgan fingerprint density at radius 3 is 2.47 bits per heavy atom. The molecule has 32 heavy (non-hydrogen) atoms. The van der Waals surface area contributed by atoms with Crippen LogP contribution in [0.25, 0.3) is 0 Å². The third kappa shape index (κ3) is 5.15. The number of amides is 1. The summed E-state index contributed by atoms with van der Waals surface area (Å²) in [5.41, 5.74) is 3.69. The van der Waals surface area contributed by atoms with E-state index >= 15 is 0 Å². The zero-order chi connectivity index (χ0) is 23.5. The highest BCUT2D eigenvalue weighted by Gasteiger charge is 2.35. The van der Waals surface area contributed by atoms with Crippen molar-refractivity contribution in [3.05, 3.63) is 41.1 Å². The summed E-state index contributed by atoms with van der Waals surface area (Å²) < 4.78 is 29.8. The Morgan fingerprint density at radius 1 is 1.16 bits per heavy atom. The van der Waals surface area contributed by atoms with E-state index in [-0.39, 0.29) is 10.6 Å². The van der Waals surface area contributed by atoms with Gasteiger partial charge < -0.3 is 10.2 Å². The molecule has 9 heteroatoms. The second-order valence-corrected chi connectivity index (χ2v) is 10.6. The van der Waals surface area contributed by atoms with E-state index in [1.807, 2.05) is 13.0 Å². The first-order valence-electron chi connectivity index (χ1n) is 11.3. The van der Waals surface area contributed by atoms with Crippen LogP contribution in [0.2, 0.25) is 0 Å². The molecule has 1 aromatic carbocycles. The molecule has 0 radical (unpaired) electrons. The van der Waals surface area contributed by atoms with Gasteiger partial charge >= 0.3 is 0 Å². The number of sulfonamides is 1. The Hall–Kier alpha value is -2.39. The van der Waals surface area contributed by atoms with Gasteiger partial charge in [0.15, 0.2) is 0 Å². The minimum absolute atomic E-state index is 0.118. The second-order valence-electron chi connectivity index (χ2n) is 8.75. The van der Waals surface area contributed by atoms with E-state index in [1.54, 1.807) is 0 Å². The number of hydrogen-bond donors (Lipinski definition) is 1. The number of rotatable bonds is 8. The van der Waals surface area contributed by atoms with Gasteiger partial charge in [-0.25, -0.2) is 8.42 Å². The zero-order valence-corrected chi connectivity index (χ0v) is 20.6. The van der Waals surface area contributed by atoms with Crippen LogP contribution in [-0.4, -0.2) is 61.1 Å². The number of nitrogens with one attached hydrogen (secondary N) is 1. The first kappa shape index (κ1) is 24.3. The molecule has 2 heterocycles. The topological polar surface area (TPSA) is 87.5 Å². The largest absolute Gasteiger partial charge is 0.369 e. The van der Waals surface area contributed by atoms with E-state index in [1.165, 1.54) is 26.3 Å². The number of nitrogens with zero attached hydrogens (tertiary/aromatic N) is 4. The molecule has 0 unspecified atom stereocenters. The normalized spacial score (nSPS) is 15.4. The average Bonchev–Trinajstić information content (AvgIpc) is 3.21. The number of carbonyl (C=O) groups excluding carboxylic acids is 1. The summed E-state index contributed by atoms with van der Waals surface area (Å²) in [6, 6.07) is 6.19. The molecule has 1 saturated heterocycles. The molecular weight excluding hydrogens is 426 g/mol. The molecule has 1 aliphatic rings. The lowest BCUT2D eigenvalue weighted by Gasteiger charge is -2.36. The van der Waals surface area contributed by atoms with Gasteiger partial charge in [-0.3, -0.25) is 9.48 Å². The molecular formula is C23H35N5O3S. The standard InChI is InChI=1S/C23H35N5O3S/c1-6-27-16-20(22(29)24-11-10-17(2)3)23(25-27)32(30,31)28-14-12-26(13-15-28)21-9-7-8-18(4)19(21)5/h7-9,16-17H,6,10-15H2,1-5H3,(H,24,29). The fourth-order valence-electron chi connectivity index (χ4n) is 3.85. The van der Waals surface area contributed by atoms with Gasteiger partial charge in [-0.1, -0.05) is 26.0 Å². The predicted octanol–water partition coefficient (Wildman–Crippen LogP) is 2.81. The summed E-state index contributed by atoms with van der Waals surface area (Å²) in [5, 5.41) is 6.94. The molecule has 0 saturated carbocycles. The summed E-state index contributed by atoms with van der Waals surface area (Å²) in [6.07, 6.45) is 2.36. The van der Waals surface area contributed by atoms with Crippen LogP contribution in [-0.2, 0) is 16.6 Å². The van der Waals surface area contributed by atoms with Gasteiger partial charge in [0.25, 0.3) is 15.9 Å². The molecule has 1 N–H and O–H groups in total. The minimum atomic E-state index is -3.88. The lowest BCUT2D eigenvalue weighted by atomic mass is 10.1. The van der Waals surface area contributed by atoms with Gasteiger partial charge in [0.2, 0.25) is 5.03 Å². The van der Waals surface area contributed by atoms with Crippen molar-refractivity contribution in [1.29, 1.82) is 0 Å². The number of anilines is 1. The Balaban J connectivity index is 1.77. The summed E-state index contributed by atoms with van der Waals surface area (Å²) in [5.74, 6) is 0.0585. The molecule has 8 nitrogen and oxygen atoms in total. The lowest BCUT2D eigenvalue weighted by Crippen LogP contribution is -2.49. The maximum absolute atomic E-state index is 13.4. The Morgan fingerprint density at radius 2 is 1.84 bits per heavy atom. The Bertz CT molecular complexity index is 1050. The third-order valence-corrected chi connectivity index (χ3v) is 7.88. The molecule has 0 bridgehead atoms. The molecule has 0 atom stereocenters. The number of benzene rings is 1. The Kier molecular flexibility index (Phi) is 7.61. The van der Waals surface area contributed by atoms with Crippen molar-refractivity contribution in [3.8, 4) is 0 Å². The van der Waals surface area contributed by atoms with Crippen LogP contribution in [0.4, 0.5) is 5.69 Å². The van der Waals surface area contributed by atoms with Crippen molar-refractivity contribution < 1.29 is 13.2 Å². The highest BCUT2D eigenvalue weighted by Crippen LogP contribution is 2.26. The van der Waals surface area contributed by atoms with Crippen LogP contribution >= 0.6 is 0 Å². The van der Waals surface area contributed by atoms with Gasteiger partial charge in [0.05, 0.1) is 5.56 Å². The van der Waals surface area contributed by atoms with Crippen LogP contribution in [0.5, 0.6) is 0 Å². The van der Waals surface area contributed by atoms with Crippen LogP contribution in [0.3, 0.4) is 0 Å². The van der Waals surface area contributed by atoms with Gasteiger partial charge in [0.1, 0.15) is 0 Å². The monoisotopic (exact) mass is 461 g/mol. The van der Waals surface area contributed by atoms with Crippen LogP contribution < -0.4 is 10.2 Å². The molecule has 0 aliphatic carbocycles. The number of hydrogen-bond acceptors (Lipinski definition) is 5. The van der Waals surface area contributed by atoms with Gasteiger partial charge in [-0.05, 0) is 50.3 Å². The molecule has 1 amide bonds. The zero-order valence-electron chi connectivity index (χ0n) is 19.8. The van der Waals surface area contributed by atoms with E-state index < -0.39 is 15.9 Å². The number of aryl methyl sites for hydroxylation is 2.